The smallest absolute Gasteiger partial charge is 0.0130 e. The Morgan fingerprint density at radius 3 is 2.46 bits per heavy atom. The second-order valence-electron chi connectivity index (χ2n) is 2.78. The molecular formula is C12H13I. The number of allylic oxidation sites excluding steroid dienone is 3. The van der Waals surface area contributed by atoms with Crippen LogP contribution in [0.3, 0.4) is 0 Å². The third-order valence-electron chi connectivity index (χ3n) is 1.82. The lowest BCUT2D eigenvalue weighted by Gasteiger charge is -2.01. The summed E-state index contributed by atoms with van der Waals surface area (Å²) in [5.74, 6) is 0. The first-order valence-corrected chi connectivity index (χ1v) is 5.44. The molecule has 0 amide bonds. The maximum Gasteiger partial charge on any atom is 0.0130 e. The van der Waals surface area contributed by atoms with Gasteiger partial charge in [0, 0.05) is 3.57 Å². The van der Waals surface area contributed by atoms with E-state index < -0.39 is 0 Å². The van der Waals surface area contributed by atoms with Gasteiger partial charge < -0.3 is 0 Å². The standard InChI is InChI=1S/C12H13I/c1-3-5-10(4-2)11-6-8-12(13)9-7-11/h4-9H,2-3H2,1H3/b10-5+. The van der Waals surface area contributed by atoms with Crippen molar-refractivity contribution in [3.63, 3.8) is 0 Å². The van der Waals surface area contributed by atoms with E-state index >= 15 is 0 Å². The molecule has 1 rings (SSSR count). The first-order chi connectivity index (χ1) is 6.27. The van der Waals surface area contributed by atoms with Gasteiger partial charge in [0.1, 0.15) is 0 Å². The molecule has 0 aliphatic carbocycles. The Bertz CT molecular complexity index is 306. The van der Waals surface area contributed by atoms with Crippen molar-refractivity contribution in [2.45, 2.75) is 13.3 Å². The summed E-state index contributed by atoms with van der Waals surface area (Å²) in [5.41, 5.74) is 2.47. The van der Waals surface area contributed by atoms with Gasteiger partial charge in [0.25, 0.3) is 0 Å². The van der Waals surface area contributed by atoms with Gasteiger partial charge >= 0.3 is 0 Å². The quantitative estimate of drug-likeness (QED) is 0.574. The number of rotatable bonds is 3. The van der Waals surface area contributed by atoms with Crippen LogP contribution in [0.4, 0.5) is 0 Å². The van der Waals surface area contributed by atoms with Crippen molar-refractivity contribution in [2.24, 2.45) is 0 Å². The summed E-state index contributed by atoms with van der Waals surface area (Å²) < 4.78 is 1.27. The van der Waals surface area contributed by atoms with Crippen LogP contribution in [0.25, 0.3) is 5.57 Å². The summed E-state index contributed by atoms with van der Waals surface area (Å²) >= 11 is 2.31. The average Bonchev–Trinajstić information content (AvgIpc) is 2.16. The maximum atomic E-state index is 3.81. The highest BCUT2D eigenvalue weighted by atomic mass is 127. The Balaban J connectivity index is 2.99. The molecule has 1 aromatic rings. The average molecular weight is 284 g/mol. The number of benzene rings is 1. The van der Waals surface area contributed by atoms with E-state index in [9.17, 15) is 0 Å². The molecule has 0 nitrogen and oxygen atoms in total. The highest BCUT2D eigenvalue weighted by Crippen LogP contribution is 2.17. The summed E-state index contributed by atoms with van der Waals surface area (Å²) in [4.78, 5) is 0. The minimum atomic E-state index is 1.05. The van der Waals surface area contributed by atoms with Crippen LogP contribution in [0.5, 0.6) is 0 Å². The molecule has 1 aromatic carbocycles. The maximum absolute atomic E-state index is 3.81. The van der Waals surface area contributed by atoms with Crippen LogP contribution in [0, 0.1) is 3.57 Å². The lowest BCUT2D eigenvalue weighted by molar-refractivity contribution is 1.23. The Morgan fingerprint density at radius 1 is 1.38 bits per heavy atom. The van der Waals surface area contributed by atoms with Gasteiger partial charge in [-0.05, 0) is 52.3 Å². The number of hydrogen-bond acceptors (Lipinski definition) is 0. The van der Waals surface area contributed by atoms with Crippen LogP contribution in [-0.4, -0.2) is 0 Å². The fourth-order valence-corrected chi connectivity index (χ4v) is 1.54. The van der Waals surface area contributed by atoms with E-state index in [1.54, 1.807) is 0 Å². The second-order valence-corrected chi connectivity index (χ2v) is 4.02. The van der Waals surface area contributed by atoms with Crippen LogP contribution in [-0.2, 0) is 0 Å². The van der Waals surface area contributed by atoms with E-state index in [1.165, 1.54) is 14.7 Å². The van der Waals surface area contributed by atoms with Gasteiger partial charge in [-0.1, -0.05) is 37.8 Å². The normalized spacial score (nSPS) is 11.4. The molecule has 0 aromatic heterocycles. The minimum absolute atomic E-state index is 1.05. The summed E-state index contributed by atoms with van der Waals surface area (Å²) in [6, 6.07) is 8.49. The molecule has 0 saturated carbocycles. The lowest BCUT2D eigenvalue weighted by atomic mass is 10.1. The molecule has 0 aliphatic heterocycles. The number of hydrogen-bond donors (Lipinski definition) is 0. The predicted octanol–water partition coefficient (Wildman–Crippen LogP) is 4.27. The van der Waals surface area contributed by atoms with Gasteiger partial charge in [-0.2, -0.15) is 0 Å². The van der Waals surface area contributed by atoms with Crippen molar-refractivity contribution in [3.05, 3.63) is 52.1 Å². The van der Waals surface area contributed by atoms with Gasteiger partial charge in [-0.25, -0.2) is 0 Å². The Kier molecular flexibility index (Phi) is 4.22. The van der Waals surface area contributed by atoms with E-state index in [1.807, 2.05) is 6.08 Å². The van der Waals surface area contributed by atoms with Gasteiger partial charge in [-0.3, -0.25) is 0 Å². The minimum Gasteiger partial charge on any atom is -0.0985 e. The van der Waals surface area contributed by atoms with Gasteiger partial charge in [0.05, 0.1) is 0 Å². The van der Waals surface area contributed by atoms with Gasteiger partial charge in [0.15, 0.2) is 0 Å². The van der Waals surface area contributed by atoms with E-state index in [-0.39, 0.29) is 0 Å². The molecule has 13 heavy (non-hydrogen) atoms. The van der Waals surface area contributed by atoms with Crippen molar-refractivity contribution in [1.29, 1.82) is 0 Å². The van der Waals surface area contributed by atoms with Crippen LogP contribution in [0.1, 0.15) is 18.9 Å². The van der Waals surface area contributed by atoms with Crippen LogP contribution < -0.4 is 0 Å². The van der Waals surface area contributed by atoms with E-state index in [4.69, 9.17) is 0 Å². The van der Waals surface area contributed by atoms with Crippen molar-refractivity contribution >= 4 is 28.2 Å². The molecule has 0 saturated heterocycles. The molecule has 0 unspecified atom stereocenters. The van der Waals surface area contributed by atoms with Crippen molar-refractivity contribution in [3.8, 4) is 0 Å². The first-order valence-electron chi connectivity index (χ1n) is 4.36. The summed E-state index contributed by atoms with van der Waals surface area (Å²) in [5, 5.41) is 0. The Labute approximate surface area is 93.5 Å². The highest BCUT2D eigenvalue weighted by molar-refractivity contribution is 14.1. The third-order valence-corrected chi connectivity index (χ3v) is 2.54. The molecule has 0 fully saturated rings. The van der Waals surface area contributed by atoms with Crippen LogP contribution >= 0.6 is 22.6 Å². The molecule has 0 bridgehead atoms. The van der Waals surface area contributed by atoms with E-state index in [0.29, 0.717) is 0 Å². The van der Waals surface area contributed by atoms with Crippen LogP contribution in [0.15, 0.2) is 43.0 Å². The van der Waals surface area contributed by atoms with E-state index in [0.717, 1.165) is 6.42 Å². The SMILES string of the molecule is C=C/C(=C\CC)c1ccc(I)cc1. The number of halogens is 1. The summed E-state index contributed by atoms with van der Waals surface area (Å²) in [6.45, 7) is 5.94. The molecule has 0 N–H and O–H groups in total. The summed E-state index contributed by atoms with van der Waals surface area (Å²) in [7, 11) is 0. The van der Waals surface area contributed by atoms with Gasteiger partial charge in [-0.15, -0.1) is 0 Å². The van der Waals surface area contributed by atoms with Crippen LogP contribution in [0.2, 0.25) is 0 Å². The molecular weight excluding hydrogens is 271 g/mol. The first kappa shape index (κ1) is 10.5. The summed E-state index contributed by atoms with van der Waals surface area (Å²) in [6.07, 6.45) is 5.15. The fraction of sp³-hybridized carbons (Fsp3) is 0.167. The van der Waals surface area contributed by atoms with Crippen molar-refractivity contribution in [2.75, 3.05) is 0 Å². The van der Waals surface area contributed by atoms with Crippen molar-refractivity contribution in [1.82, 2.24) is 0 Å². The zero-order valence-corrected chi connectivity index (χ0v) is 9.91. The zero-order chi connectivity index (χ0) is 9.68. The highest BCUT2D eigenvalue weighted by Gasteiger charge is 1.95. The molecule has 0 radical (unpaired) electrons. The Hall–Kier alpha value is -0.570. The molecule has 1 heteroatoms. The Morgan fingerprint density at radius 2 is 2.00 bits per heavy atom. The zero-order valence-electron chi connectivity index (χ0n) is 7.76. The van der Waals surface area contributed by atoms with Crippen molar-refractivity contribution < 1.29 is 0 Å². The molecule has 0 atom stereocenters. The second kappa shape index (κ2) is 5.22. The fourth-order valence-electron chi connectivity index (χ4n) is 1.18. The monoisotopic (exact) mass is 284 g/mol. The molecule has 68 valence electrons. The molecule has 0 heterocycles. The third kappa shape index (κ3) is 2.99. The molecule has 0 spiro atoms. The molecule has 0 aliphatic rings. The topological polar surface area (TPSA) is 0 Å². The van der Waals surface area contributed by atoms with Gasteiger partial charge in [0.2, 0.25) is 0 Å². The van der Waals surface area contributed by atoms with E-state index in [2.05, 4.69) is 66.4 Å². The lowest BCUT2D eigenvalue weighted by Crippen LogP contribution is -1.80. The predicted molar refractivity (Wildman–Crippen MR) is 67.6 cm³/mol. The largest absolute Gasteiger partial charge is 0.0985 e.